The highest BCUT2D eigenvalue weighted by Gasteiger charge is 2.13. The number of carbonyl (C=O) groups excluding carboxylic acids is 1. The van der Waals surface area contributed by atoms with Gasteiger partial charge in [0.25, 0.3) is 0 Å². The first kappa shape index (κ1) is 14.6. The lowest BCUT2D eigenvalue weighted by molar-refractivity contribution is -0.115. The van der Waals surface area contributed by atoms with Gasteiger partial charge in [0.15, 0.2) is 0 Å². The van der Waals surface area contributed by atoms with E-state index in [0.29, 0.717) is 5.75 Å². The van der Waals surface area contributed by atoms with Crippen molar-refractivity contribution in [2.45, 2.75) is 6.42 Å². The Labute approximate surface area is 122 Å². The molecule has 0 saturated carbocycles. The highest BCUT2D eigenvalue weighted by molar-refractivity contribution is 6.01. The molecule has 0 bridgehead atoms. The Hall–Kier alpha value is -2.82. The number of carboxylic acid groups (broad SMARTS) is 1. The van der Waals surface area contributed by atoms with E-state index < -0.39 is 5.97 Å². The summed E-state index contributed by atoms with van der Waals surface area (Å²) in [6.07, 6.45) is 0.178. The van der Waals surface area contributed by atoms with Crippen LogP contribution in [0.3, 0.4) is 0 Å². The van der Waals surface area contributed by atoms with E-state index in [9.17, 15) is 9.59 Å². The molecule has 5 heteroatoms. The molecule has 0 fully saturated rings. The van der Waals surface area contributed by atoms with Crippen LogP contribution in [0.1, 0.15) is 15.9 Å². The van der Waals surface area contributed by atoms with E-state index in [1.54, 1.807) is 0 Å². The van der Waals surface area contributed by atoms with Crippen LogP contribution in [0.15, 0.2) is 48.5 Å². The molecule has 2 aromatic rings. The lowest BCUT2D eigenvalue weighted by Crippen LogP contribution is -2.16. The number of carboxylic acids is 1. The van der Waals surface area contributed by atoms with E-state index in [2.05, 4.69) is 5.32 Å². The molecule has 21 heavy (non-hydrogen) atoms. The predicted octanol–water partition coefficient (Wildman–Crippen LogP) is 2.57. The number of amides is 1. The number of rotatable bonds is 5. The lowest BCUT2D eigenvalue weighted by atomic mass is 10.1. The third-order valence-corrected chi connectivity index (χ3v) is 2.94. The molecule has 0 atom stereocenters. The second-order valence-corrected chi connectivity index (χ2v) is 4.43. The summed E-state index contributed by atoms with van der Waals surface area (Å²) < 4.78 is 5.05. The molecular weight excluding hydrogens is 270 g/mol. The van der Waals surface area contributed by atoms with E-state index in [1.165, 1.54) is 25.3 Å². The summed E-state index contributed by atoms with van der Waals surface area (Å²) in [6.45, 7) is 0. The van der Waals surface area contributed by atoms with Crippen molar-refractivity contribution < 1.29 is 19.4 Å². The molecule has 0 unspecified atom stereocenters. The Kier molecular flexibility index (Phi) is 4.56. The molecule has 108 valence electrons. The van der Waals surface area contributed by atoms with Crippen LogP contribution >= 0.6 is 0 Å². The Morgan fingerprint density at radius 1 is 1.14 bits per heavy atom. The summed E-state index contributed by atoms with van der Waals surface area (Å²) in [7, 11) is 1.48. The second kappa shape index (κ2) is 6.56. The van der Waals surface area contributed by atoms with Gasteiger partial charge in [-0.1, -0.05) is 30.3 Å². The Balaban J connectivity index is 2.17. The quantitative estimate of drug-likeness (QED) is 0.885. The monoisotopic (exact) mass is 285 g/mol. The van der Waals surface area contributed by atoms with Gasteiger partial charge in [0.1, 0.15) is 5.75 Å². The molecule has 0 heterocycles. The zero-order valence-corrected chi connectivity index (χ0v) is 11.5. The zero-order valence-electron chi connectivity index (χ0n) is 11.5. The average Bonchev–Trinajstić information content (AvgIpc) is 2.47. The van der Waals surface area contributed by atoms with Gasteiger partial charge in [-0.25, -0.2) is 4.79 Å². The Morgan fingerprint density at radius 2 is 1.86 bits per heavy atom. The van der Waals surface area contributed by atoms with Gasteiger partial charge in [0, 0.05) is 6.07 Å². The minimum absolute atomic E-state index is 0.0252. The third kappa shape index (κ3) is 3.82. The van der Waals surface area contributed by atoms with Crippen LogP contribution in [-0.2, 0) is 11.2 Å². The van der Waals surface area contributed by atoms with Crippen molar-refractivity contribution in [2.75, 3.05) is 12.4 Å². The van der Waals surface area contributed by atoms with E-state index in [4.69, 9.17) is 9.84 Å². The number of aromatic carboxylic acids is 1. The maximum absolute atomic E-state index is 12.0. The number of hydrogen-bond acceptors (Lipinski definition) is 3. The molecule has 0 aliphatic heterocycles. The fraction of sp³-hybridized carbons (Fsp3) is 0.125. The van der Waals surface area contributed by atoms with Crippen LogP contribution in [0.25, 0.3) is 0 Å². The van der Waals surface area contributed by atoms with Gasteiger partial charge < -0.3 is 15.2 Å². The maximum atomic E-state index is 12.0. The first-order valence-electron chi connectivity index (χ1n) is 6.35. The van der Waals surface area contributed by atoms with Crippen LogP contribution in [0.4, 0.5) is 5.69 Å². The van der Waals surface area contributed by atoms with E-state index in [1.807, 2.05) is 30.3 Å². The van der Waals surface area contributed by atoms with Crippen molar-refractivity contribution in [3.05, 3.63) is 59.7 Å². The number of nitrogens with one attached hydrogen (secondary N) is 1. The van der Waals surface area contributed by atoms with Gasteiger partial charge >= 0.3 is 5.97 Å². The van der Waals surface area contributed by atoms with Crippen LogP contribution < -0.4 is 10.1 Å². The Morgan fingerprint density at radius 3 is 2.48 bits per heavy atom. The topological polar surface area (TPSA) is 75.6 Å². The summed E-state index contributed by atoms with van der Waals surface area (Å²) in [4.78, 5) is 23.2. The number of anilines is 1. The molecular formula is C16H15NO4. The molecule has 0 aliphatic carbocycles. The molecule has 0 aromatic heterocycles. The van der Waals surface area contributed by atoms with Crippen molar-refractivity contribution in [1.29, 1.82) is 0 Å². The number of hydrogen-bond donors (Lipinski definition) is 2. The van der Waals surface area contributed by atoms with Gasteiger partial charge in [-0.05, 0) is 17.7 Å². The number of methoxy groups -OCH3 is 1. The third-order valence-electron chi connectivity index (χ3n) is 2.94. The molecule has 2 aromatic carbocycles. The maximum Gasteiger partial charge on any atom is 0.337 e. The van der Waals surface area contributed by atoms with Crippen LogP contribution in [0.5, 0.6) is 5.75 Å². The first-order valence-corrected chi connectivity index (χ1v) is 6.35. The fourth-order valence-electron chi connectivity index (χ4n) is 1.92. The van der Waals surface area contributed by atoms with Crippen molar-refractivity contribution in [2.24, 2.45) is 0 Å². The highest BCUT2D eigenvalue weighted by Crippen LogP contribution is 2.22. The average molecular weight is 285 g/mol. The summed E-state index contributed by atoms with van der Waals surface area (Å²) in [5.41, 5.74) is 1.11. The van der Waals surface area contributed by atoms with Crippen LogP contribution in [0.2, 0.25) is 0 Å². The molecule has 0 aliphatic rings. The van der Waals surface area contributed by atoms with Gasteiger partial charge in [-0.15, -0.1) is 0 Å². The number of ether oxygens (including phenoxy) is 1. The SMILES string of the molecule is COc1ccc(C(=O)O)c(NC(=O)Cc2ccccc2)c1. The normalized spacial score (nSPS) is 9.95. The molecule has 5 nitrogen and oxygen atoms in total. The minimum Gasteiger partial charge on any atom is -0.497 e. The van der Waals surface area contributed by atoms with E-state index in [-0.39, 0.29) is 23.6 Å². The zero-order chi connectivity index (χ0) is 15.2. The molecule has 0 saturated heterocycles. The van der Waals surface area contributed by atoms with Crippen molar-refractivity contribution in [3.8, 4) is 5.75 Å². The first-order chi connectivity index (χ1) is 10.1. The van der Waals surface area contributed by atoms with Crippen LogP contribution in [-0.4, -0.2) is 24.1 Å². The van der Waals surface area contributed by atoms with Crippen LogP contribution in [0, 0.1) is 0 Å². The molecule has 0 spiro atoms. The standard InChI is InChI=1S/C16H15NO4/c1-21-12-7-8-13(16(19)20)14(10-12)17-15(18)9-11-5-3-2-4-6-11/h2-8,10H,9H2,1H3,(H,17,18)(H,19,20). The van der Waals surface area contributed by atoms with Crippen molar-refractivity contribution in [1.82, 2.24) is 0 Å². The molecule has 2 rings (SSSR count). The van der Waals surface area contributed by atoms with Gasteiger partial charge in [-0.3, -0.25) is 4.79 Å². The summed E-state index contributed by atoms with van der Waals surface area (Å²) in [5, 5.41) is 11.8. The molecule has 2 N–H and O–H groups in total. The summed E-state index contributed by atoms with van der Waals surface area (Å²) >= 11 is 0. The molecule has 1 amide bonds. The van der Waals surface area contributed by atoms with Gasteiger partial charge in [-0.2, -0.15) is 0 Å². The second-order valence-electron chi connectivity index (χ2n) is 4.43. The summed E-state index contributed by atoms with van der Waals surface area (Å²) in [5.74, 6) is -0.903. The highest BCUT2D eigenvalue weighted by atomic mass is 16.5. The largest absolute Gasteiger partial charge is 0.497 e. The predicted molar refractivity (Wildman–Crippen MR) is 78.7 cm³/mol. The Bertz CT molecular complexity index is 653. The molecule has 0 radical (unpaired) electrons. The smallest absolute Gasteiger partial charge is 0.337 e. The summed E-state index contributed by atoms with van der Waals surface area (Å²) in [6, 6.07) is 13.7. The number of benzene rings is 2. The van der Waals surface area contributed by atoms with Crippen molar-refractivity contribution in [3.63, 3.8) is 0 Å². The van der Waals surface area contributed by atoms with Gasteiger partial charge in [0.2, 0.25) is 5.91 Å². The van der Waals surface area contributed by atoms with E-state index in [0.717, 1.165) is 5.56 Å². The van der Waals surface area contributed by atoms with E-state index >= 15 is 0 Å². The van der Waals surface area contributed by atoms with Gasteiger partial charge in [0.05, 0.1) is 24.8 Å². The number of carbonyl (C=O) groups is 2. The van der Waals surface area contributed by atoms with Crippen molar-refractivity contribution >= 4 is 17.6 Å². The minimum atomic E-state index is -1.10. The lowest BCUT2D eigenvalue weighted by Gasteiger charge is -2.10. The fourth-order valence-corrected chi connectivity index (χ4v) is 1.92.